The topological polar surface area (TPSA) is 86.8 Å². The molecule has 0 radical (unpaired) electrons. The van der Waals surface area contributed by atoms with Gasteiger partial charge in [0.05, 0.1) is 6.10 Å². The molecule has 1 fully saturated rings. The van der Waals surface area contributed by atoms with Crippen molar-refractivity contribution in [2.45, 2.75) is 18.9 Å². The zero-order valence-corrected chi connectivity index (χ0v) is 7.01. The van der Waals surface area contributed by atoms with Crippen LogP contribution in [0.15, 0.2) is 0 Å². The molecule has 1 heterocycles. The largest absolute Gasteiger partial charge is 0.392 e. The van der Waals surface area contributed by atoms with E-state index in [1.807, 2.05) is 7.05 Å². The Balaban J connectivity index is 0.000000261. The molecule has 72 valence electrons. The van der Waals surface area contributed by atoms with Crippen LogP contribution in [-0.4, -0.2) is 46.5 Å². The second-order valence-electron chi connectivity index (χ2n) is 2.80. The van der Waals surface area contributed by atoms with Crippen LogP contribution < -0.4 is 0 Å². The zero-order valence-electron chi connectivity index (χ0n) is 7.01. The maximum atomic E-state index is 9.04. The molecule has 1 atom stereocenters. The first kappa shape index (κ1) is 11.1. The summed E-state index contributed by atoms with van der Waals surface area (Å²) < 4.78 is 0. The molecule has 12 heavy (non-hydrogen) atoms. The molecule has 6 nitrogen and oxygen atoms in total. The van der Waals surface area contributed by atoms with Gasteiger partial charge in [-0.05, 0) is 26.4 Å². The molecule has 2 N–H and O–H groups in total. The predicted molar refractivity (Wildman–Crippen MR) is 41.5 cm³/mol. The summed E-state index contributed by atoms with van der Waals surface area (Å²) in [6.45, 7) is 2.01. The average molecular weight is 178 g/mol. The van der Waals surface area contributed by atoms with Crippen LogP contribution in [0.4, 0.5) is 0 Å². The molecular formula is C6H14N2O4. The first-order valence-electron chi connectivity index (χ1n) is 3.72. The normalized spacial score (nSPS) is 24.0. The van der Waals surface area contributed by atoms with Crippen molar-refractivity contribution in [3.63, 3.8) is 0 Å². The van der Waals surface area contributed by atoms with Crippen molar-refractivity contribution in [1.29, 1.82) is 0 Å². The van der Waals surface area contributed by atoms with Crippen LogP contribution in [0.1, 0.15) is 12.8 Å². The van der Waals surface area contributed by atoms with Crippen LogP contribution in [0.2, 0.25) is 0 Å². The van der Waals surface area contributed by atoms with Gasteiger partial charge in [-0.15, -0.1) is 10.1 Å². The summed E-state index contributed by atoms with van der Waals surface area (Å²) in [5.41, 5.74) is 0. The Morgan fingerprint density at radius 3 is 2.42 bits per heavy atom. The zero-order chi connectivity index (χ0) is 9.56. The number of β-amino-alcohol motifs (C(OH)–C–C–N with tert-alkyl or cyclic N) is 1. The van der Waals surface area contributed by atoms with Crippen molar-refractivity contribution in [3.8, 4) is 0 Å². The minimum atomic E-state index is -1.50. The van der Waals surface area contributed by atoms with E-state index in [-0.39, 0.29) is 6.10 Å². The number of nitrogens with zero attached hydrogens (tertiary/aromatic N) is 2. The van der Waals surface area contributed by atoms with Gasteiger partial charge in [-0.25, -0.2) is 0 Å². The monoisotopic (exact) mass is 178 g/mol. The predicted octanol–water partition coefficient (Wildman–Crippen LogP) is -0.275. The minimum Gasteiger partial charge on any atom is -0.392 e. The third-order valence-corrected chi connectivity index (χ3v) is 1.60. The van der Waals surface area contributed by atoms with Crippen LogP contribution in [0.3, 0.4) is 0 Å². The van der Waals surface area contributed by atoms with Gasteiger partial charge in [0.1, 0.15) is 0 Å². The van der Waals surface area contributed by atoms with Crippen molar-refractivity contribution >= 4 is 0 Å². The summed E-state index contributed by atoms with van der Waals surface area (Å²) >= 11 is 0. The summed E-state index contributed by atoms with van der Waals surface area (Å²) in [6, 6.07) is 0. The molecule has 0 aromatic heterocycles. The highest BCUT2D eigenvalue weighted by molar-refractivity contribution is 4.67. The van der Waals surface area contributed by atoms with Crippen LogP contribution in [0.25, 0.3) is 0 Å². The second kappa shape index (κ2) is 5.73. The third kappa shape index (κ3) is 7.23. The first-order valence-corrected chi connectivity index (χ1v) is 3.72. The standard InChI is InChI=1S/C6H13NO.HNO3/c1-7-4-2-3-6(8)5-7;2-1(3)4/h6,8H,2-5H2,1H3;(H,2,3,4). The van der Waals surface area contributed by atoms with Crippen molar-refractivity contribution in [3.05, 3.63) is 10.1 Å². The molecule has 6 heteroatoms. The summed E-state index contributed by atoms with van der Waals surface area (Å²) in [6.07, 6.45) is 2.08. The van der Waals surface area contributed by atoms with Gasteiger partial charge in [0.2, 0.25) is 0 Å². The Hall–Kier alpha value is -0.880. The van der Waals surface area contributed by atoms with Crippen molar-refractivity contribution in [1.82, 2.24) is 4.90 Å². The fourth-order valence-electron chi connectivity index (χ4n) is 1.14. The average Bonchev–Trinajstić information content (AvgIpc) is 1.84. The second-order valence-corrected chi connectivity index (χ2v) is 2.80. The molecule has 1 saturated heterocycles. The van der Waals surface area contributed by atoms with Gasteiger partial charge in [-0.2, -0.15) is 0 Å². The molecule has 1 aliphatic heterocycles. The molecule has 0 aliphatic carbocycles. The smallest absolute Gasteiger partial charge is 0.291 e. The first-order chi connectivity index (χ1) is 5.52. The van der Waals surface area contributed by atoms with Crippen LogP contribution in [0.5, 0.6) is 0 Å². The maximum absolute atomic E-state index is 9.04. The van der Waals surface area contributed by atoms with Gasteiger partial charge >= 0.3 is 0 Å². The summed E-state index contributed by atoms with van der Waals surface area (Å²) in [7, 11) is 2.04. The lowest BCUT2D eigenvalue weighted by Gasteiger charge is -2.25. The lowest BCUT2D eigenvalue weighted by atomic mass is 10.1. The Morgan fingerprint density at radius 1 is 1.67 bits per heavy atom. The SMILES string of the molecule is CN1CCCC(O)C1.O=[N+]([O-])O. The highest BCUT2D eigenvalue weighted by Gasteiger charge is 2.12. The number of piperidine rings is 1. The van der Waals surface area contributed by atoms with Crippen molar-refractivity contribution in [2.24, 2.45) is 0 Å². The van der Waals surface area contributed by atoms with E-state index < -0.39 is 5.09 Å². The quantitative estimate of drug-likeness (QED) is 0.393. The van der Waals surface area contributed by atoms with Gasteiger partial charge < -0.3 is 15.2 Å². The fraction of sp³-hybridized carbons (Fsp3) is 1.00. The van der Waals surface area contributed by atoms with E-state index in [1.165, 1.54) is 0 Å². The molecule has 0 amide bonds. The van der Waals surface area contributed by atoms with E-state index in [0.717, 1.165) is 25.9 Å². The van der Waals surface area contributed by atoms with E-state index in [1.54, 1.807) is 0 Å². The number of likely N-dealkylation sites (N-methyl/N-ethyl adjacent to an activating group) is 1. The van der Waals surface area contributed by atoms with Crippen LogP contribution in [-0.2, 0) is 0 Å². The molecule has 0 saturated carbocycles. The Kier molecular flexibility index (Phi) is 5.31. The van der Waals surface area contributed by atoms with E-state index in [0.29, 0.717) is 0 Å². The number of hydrogen-bond acceptors (Lipinski definition) is 4. The number of aliphatic hydroxyl groups is 1. The molecule has 1 rings (SSSR count). The van der Waals surface area contributed by atoms with Gasteiger partial charge in [0.15, 0.2) is 0 Å². The molecular weight excluding hydrogens is 164 g/mol. The van der Waals surface area contributed by atoms with E-state index >= 15 is 0 Å². The number of likely N-dealkylation sites (tertiary alicyclic amines) is 1. The van der Waals surface area contributed by atoms with Gasteiger partial charge in [-0.1, -0.05) is 0 Å². The molecule has 0 bridgehead atoms. The highest BCUT2D eigenvalue weighted by atomic mass is 16.9. The molecule has 0 spiro atoms. The van der Waals surface area contributed by atoms with E-state index in [2.05, 4.69) is 4.90 Å². The molecule has 1 unspecified atom stereocenters. The Bertz CT molecular complexity index is 130. The van der Waals surface area contributed by atoms with Gasteiger partial charge in [-0.3, -0.25) is 0 Å². The third-order valence-electron chi connectivity index (χ3n) is 1.60. The van der Waals surface area contributed by atoms with Crippen molar-refractivity contribution in [2.75, 3.05) is 20.1 Å². The summed E-state index contributed by atoms with van der Waals surface area (Å²) in [5, 5.41) is 22.7. The molecule has 0 aromatic rings. The fourth-order valence-corrected chi connectivity index (χ4v) is 1.14. The number of aliphatic hydroxyl groups excluding tert-OH is 1. The maximum Gasteiger partial charge on any atom is 0.291 e. The summed E-state index contributed by atoms with van der Waals surface area (Å²) in [5.74, 6) is 0. The van der Waals surface area contributed by atoms with Crippen LogP contribution >= 0.6 is 0 Å². The lowest BCUT2D eigenvalue weighted by molar-refractivity contribution is -0.742. The van der Waals surface area contributed by atoms with Crippen LogP contribution in [0, 0.1) is 10.1 Å². The Labute approximate surface area is 70.5 Å². The van der Waals surface area contributed by atoms with E-state index in [4.69, 9.17) is 20.4 Å². The van der Waals surface area contributed by atoms with Gasteiger partial charge in [0.25, 0.3) is 5.09 Å². The molecule has 1 aliphatic rings. The van der Waals surface area contributed by atoms with Gasteiger partial charge in [0, 0.05) is 6.54 Å². The van der Waals surface area contributed by atoms with Crippen molar-refractivity contribution < 1.29 is 15.4 Å². The van der Waals surface area contributed by atoms with E-state index in [9.17, 15) is 0 Å². The minimum absolute atomic E-state index is 0.0613. The highest BCUT2D eigenvalue weighted by Crippen LogP contribution is 2.06. The molecule has 0 aromatic carbocycles. The number of rotatable bonds is 0. The number of hydrogen-bond donors (Lipinski definition) is 2. The summed E-state index contributed by atoms with van der Waals surface area (Å²) in [4.78, 5) is 10.5. The lowest BCUT2D eigenvalue weighted by Crippen LogP contribution is -2.34. The Morgan fingerprint density at radius 2 is 2.17 bits per heavy atom.